The lowest BCUT2D eigenvalue weighted by atomic mass is 10.1. The van der Waals surface area contributed by atoms with Crippen LogP contribution in [0.15, 0.2) is 18.2 Å². The first-order valence-electron chi connectivity index (χ1n) is 6.86. The van der Waals surface area contributed by atoms with Crippen LogP contribution in [0.5, 0.6) is 5.75 Å². The third-order valence-electron chi connectivity index (χ3n) is 4.17. The predicted molar refractivity (Wildman–Crippen MR) is 70.8 cm³/mol. The molecule has 3 rings (SSSR count). The molecule has 2 unspecified atom stereocenters. The van der Waals surface area contributed by atoms with E-state index in [1.807, 2.05) is 6.07 Å². The number of methoxy groups -OCH3 is 1. The Morgan fingerprint density at radius 2 is 2.22 bits per heavy atom. The zero-order chi connectivity index (χ0) is 12.5. The molecule has 3 nitrogen and oxygen atoms in total. The Kier molecular flexibility index (Phi) is 3.27. The molecule has 1 fully saturated rings. The number of hydrogen-bond acceptors (Lipinski definition) is 3. The van der Waals surface area contributed by atoms with Crippen molar-refractivity contribution in [3.63, 3.8) is 0 Å². The molecule has 2 aliphatic rings. The van der Waals surface area contributed by atoms with Crippen LogP contribution in [0.4, 0.5) is 0 Å². The van der Waals surface area contributed by atoms with Gasteiger partial charge in [-0.2, -0.15) is 0 Å². The van der Waals surface area contributed by atoms with Gasteiger partial charge in [-0.05, 0) is 54.9 Å². The van der Waals surface area contributed by atoms with Gasteiger partial charge in [-0.25, -0.2) is 0 Å². The van der Waals surface area contributed by atoms with E-state index in [-0.39, 0.29) is 6.10 Å². The molecule has 1 saturated carbocycles. The summed E-state index contributed by atoms with van der Waals surface area (Å²) in [6, 6.07) is 6.69. The van der Waals surface area contributed by atoms with Crippen LogP contribution in [0.1, 0.15) is 36.4 Å². The summed E-state index contributed by atoms with van der Waals surface area (Å²) in [4.78, 5) is 0. The Balaban J connectivity index is 1.65. The van der Waals surface area contributed by atoms with Crippen molar-refractivity contribution in [1.29, 1.82) is 0 Å². The molecule has 0 bridgehead atoms. The molecule has 0 saturated heterocycles. The van der Waals surface area contributed by atoms with E-state index in [0.717, 1.165) is 18.6 Å². The number of fused-ring (bicyclic) bond motifs is 1. The Hall–Kier alpha value is -1.06. The van der Waals surface area contributed by atoms with Crippen molar-refractivity contribution in [2.24, 2.45) is 5.92 Å². The number of benzene rings is 1. The molecule has 3 heteroatoms. The minimum absolute atomic E-state index is 0.167. The van der Waals surface area contributed by atoms with E-state index in [9.17, 15) is 5.11 Å². The highest BCUT2D eigenvalue weighted by Crippen LogP contribution is 2.35. The van der Waals surface area contributed by atoms with Crippen LogP contribution in [-0.4, -0.2) is 24.9 Å². The first kappa shape index (κ1) is 12.0. The summed E-state index contributed by atoms with van der Waals surface area (Å²) in [5.41, 5.74) is 2.76. The lowest BCUT2D eigenvalue weighted by Gasteiger charge is -2.17. The van der Waals surface area contributed by atoms with Gasteiger partial charge in [0.2, 0.25) is 0 Å². The van der Waals surface area contributed by atoms with E-state index < -0.39 is 0 Å². The molecular formula is C15H21NO2. The smallest absolute Gasteiger partial charge is 0.119 e. The van der Waals surface area contributed by atoms with Crippen molar-refractivity contribution in [1.82, 2.24) is 5.32 Å². The lowest BCUT2D eigenvalue weighted by Crippen LogP contribution is -2.30. The SMILES string of the molecule is COc1ccc2c(c1)C(NCC(O)C1CC1)CC2. The average molecular weight is 247 g/mol. The van der Waals surface area contributed by atoms with Crippen LogP contribution >= 0.6 is 0 Å². The second-order valence-corrected chi connectivity index (χ2v) is 5.47. The van der Waals surface area contributed by atoms with Gasteiger partial charge in [0, 0.05) is 12.6 Å². The number of nitrogens with one attached hydrogen (secondary N) is 1. The molecule has 0 radical (unpaired) electrons. The fourth-order valence-electron chi connectivity index (χ4n) is 2.83. The molecular weight excluding hydrogens is 226 g/mol. The topological polar surface area (TPSA) is 41.5 Å². The van der Waals surface area contributed by atoms with Crippen molar-refractivity contribution >= 4 is 0 Å². The Bertz CT molecular complexity index is 429. The molecule has 2 N–H and O–H groups in total. The average Bonchev–Trinajstić information content (AvgIpc) is 3.17. The molecule has 0 amide bonds. The molecule has 1 aromatic rings. The van der Waals surface area contributed by atoms with Crippen LogP contribution in [0.3, 0.4) is 0 Å². The van der Waals surface area contributed by atoms with E-state index in [0.29, 0.717) is 18.5 Å². The van der Waals surface area contributed by atoms with Crippen LogP contribution in [-0.2, 0) is 6.42 Å². The van der Waals surface area contributed by atoms with Crippen LogP contribution < -0.4 is 10.1 Å². The predicted octanol–water partition coefficient (Wildman–Crippen LogP) is 2.04. The van der Waals surface area contributed by atoms with Gasteiger partial charge in [0.25, 0.3) is 0 Å². The van der Waals surface area contributed by atoms with E-state index in [2.05, 4.69) is 17.4 Å². The Morgan fingerprint density at radius 1 is 1.39 bits per heavy atom. The summed E-state index contributed by atoms with van der Waals surface area (Å²) in [5.74, 6) is 1.47. The fraction of sp³-hybridized carbons (Fsp3) is 0.600. The molecule has 98 valence electrons. The van der Waals surface area contributed by atoms with Gasteiger partial charge in [-0.1, -0.05) is 6.07 Å². The second-order valence-electron chi connectivity index (χ2n) is 5.47. The van der Waals surface area contributed by atoms with Gasteiger partial charge < -0.3 is 15.2 Å². The third kappa shape index (κ3) is 2.38. The summed E-state index contributed by atoms with van der Waals surface area (Å²) in [5, 5.41) is 13.4. The Labute approximate surface area is 108 Å². The lowest BCUT2D eigenvalue weighted by molar-refractivity contribution is 0.144. The van der Waals surface area contributed by atoms with Gasteiger partial charge in [0.1, 0.15) is 5.75 Å². The van der Waals surface area contributed by atoms with E-state index in [1.54, 1.807) is 7.11 Å². The van der Waals surface area contributed by atoms with Crippen LogP contribution in [0, 0.1) is 5.92 Å². The number of aryl methyl sites for hydroxylation is 1. The summed E-state index contributed by atoms with van der Waals surface area (Å²) >= 11 is 0. The van der Waals surface area contributed by atoms with Crippen molar-refractivity contribution in [3.05, 3.63) is 29.3 Å². The summed E-state index contributed by atoms with van der Waals surface area (Å²) in [7, 11) is 1.70. The zero-order valence-electron chi connectivity index (χ0n) is 10.9. The number of aliphatic hydroxyl groups excluding tert-OH is 1. The van der Waals surface area contributed by atoms with Crippen molar-refractivity contribution in [3.8, 4) is 5.75 Å². The molecule has 1 aromatic carbocycles. The quantitative estimate of drug-likeness (QED) is 0.836. The van der Waals surface area contributed by atoms with E-state index in [4.69, 9.17) is 4.74 Å². The molecule has 0 aliphatic heterocycles. The van der Waals surface area contributed by atoms with Gasteiger partial charge in [0.15, 0.2) is 0 Å². The second kappa shape index (κ2) is 4.90. The Morgan fingerprint density at radius 3 is 2.94 bits per heavy atom. The number of rotatable bonds is 5. The van der Waals surface area contributed by atoms with Gasteiger partial charge >= 0.3 is 0 Å². The first-order valence-corrected chi connectivity index (χ1v) is 6.86. The molecule has 18 heavy (non-hydrogen) atoms. The van der Waals surface area contributed by atoms with Crippen molar-refractivity contribution in [2.45, 2.75) is 37.8 Å². The van der Waals surface area contributed by atoms with Gasteiger partial charge in [-0.15, -0.1) is 0 Å². The van der Waals surface area contributed by atoms with E-state index in [1.165, 1.54) is 24.0 Å². The van der Waals surface area contributed by atoms with E-state index >= 15 is 0 Å². The molecule has 0 aromatic heterocycles. The first-order chi connectivity index (χ1) is 8.78. The largest absolute Gasteiger partial charge is 0.497 e. The van der Waals surface area contributed by atoms with Crippen LogP contribution in [0.2, 0.25) is 0 Å². The molecule has 2 aliphatic carbocycles. The van der Waals surface area contributed by atoms with Crippen molar-refractivity contribution < 1.29 is 9.84 Å². The normalized spacial score (nSPS) is 23.8. The molecule has 0 spiro atoms. The molecule has 0 heterocycles. The number of ether oxygens (including phenoxy) is 1. The molecule has 2 atom stereocenters. The monoisotopic (exact) mass is 247 g/mol. The zero-order valence-corrected chi connectivity index (χ0v) is 10.9. The summed E-state index contributed by atoms with van der Waals surface area (Å²) in [6.07, 6.45) is 4.46. The summed E-state index contributed by atoms with van der Waals surface area (Å²) in [6.45, 7) is 0.714. The minimum Gasteiger partial charge on any atom is -0.497 e. The maximum absolute atomic E-state index is 9.91. The third-order valence-corrected chi connectivity index (χ3v) is 4.17. The highest BCUT2D eigenvalue weighted by atomic mass is 16.5. The van der Waals surface area contributed by atoms with Crippen LogP contribution in [0.25, 0.3) is 0 Å². The maximum Gasteiger partial charge on any atom is 0.119 e. The fourth-order valence-corrected chi connectivity index (χ4v) is 2.83. The maximum atomic E-state index is 9.91. The minimum atomic E-state index is -0.167. The summed E-state index contributed by atoms with van der Waals surface area (Å²) < 4.78 is 5.28. The van der Waals surface area contributed by atoms with Crippen molar-refractivity contribution in [2.75, 3.05) is 13.7 Å². The highest BCUT2D eigenvalue weighted by molar-refractivity contribution is 5.40. The number of hydrogen-bond donors (Lipinski definition) is 2. The van der Waals surface area contributed by atoms with Gasteiger partial charge in [-0.3, -0.25) is 0 Å². The standard InChI is InChI=1S/C15H21NO2/c1-18-12-6-4-10-5-7-14(13(10)8-12)16-9-15(17)11-2-3-11/h4,6,8,11,14-17H,2-3,5,7,9H2,1H3. The highest BCUT2D eigenvalue weighted by Gasteiger charge is 2.30. The number of aliphatic hydroxyl groups is 1. The van der Waals surface area contributed by atoms with Gasteiger partial charge in [0.05, 0.1) is 13.2 Å².